The number of ketones is 1. The first kappa shape index (κ1) is 21.0. The number of nitro benzene ring substituents is 1. The largest absolute Gasteiger partial charge is 0.493 e. The van der Waals surface area contributed by atoms with Crippen LogP contribution in [0.2, 0.25) is 0 Å². The second-order valence-electron chi connectivity index (χ2n) is 5.94. The molecule has 0 bridgehead atoms. The second-order valence-corrected chi connectivity index (χ2v) is 5.94. The lowest BCUT2D eigenvalue weighted by Crippen LogP contribution is -2.21. The van der Waals surface area contributed by atoms with Crippen LogP contribution < -0.4 is 14.4 Å². The summed E-state index contributed by atoms with van der Waals surface area (Å²) in [6.45, 7) is 6.00. The molecule has 0 aliphatic rings. The summed E-state index contributed by atoms with van der Waals surface area (Å²) in [5, 5.41) is 11.4. The molecule has 0 spiro atoms. The quantitative estimate of drug-likeness (QED) is 0.277. The van der Waals surface area contributed by atoms with Gasteiger partial charge < -0.3 is 14.4 Å². The minimum Gasteiger partial charge on any atom is -0.493 e. The van der Waals surface area contributed by atoms with Crippen LogP contribution in [0.1, 0.15) is 29.8 Å². The number of ether oxygens (including phenoxy) is 2. The van der Waals surface area contributed by atoms with Crippen molar-refractivity contribution in [3.63, 3.8) is 0 Å². The highest BCUT2D eigenvalue weighted by atomic mass is 16.6. The number of allylic oxidation sites excluding steroid dienone is 1. The van der Waals surface area contributed by atoms with Gasteiger partial charge in [-0.2, -0.15) is 0 Å². The molecule has 0 amide bonds. The summed E-state index contributed by atoms with van der Waals surface area (Å²) in [6.07, 6.45) is 2.95. The molecule has 0 saturated carbocycles. The maximum absolute atomic E-state index is 12.6. The molecule has 0 fully saturated rings. The van der Waals surface area contributed by atoms with E-state index in [1.165, 1.54) is 32.4 Å². The van der Waals surface area contributed by atoms with Gasteiger partial charge in [0.05, 0.1) is 25.2 Å². The SMILES string of the molecule is CCN(CC)c1ccc(C=CC(=O)c2cc(OC)c(OC)cc2[N+](=O)[O-])cc1. The zero-order valence-electron chi connectivity index (χ0n) is 16.5. The average Bonchev–Trinajstić information content (AvgIpc) is 2.72. The number of rotatable bonds is 9. The average molecular weight is 384 g/mol. The van der Waals surface area contributed by atoms with Crippen molar-refractivity contribution in [3.05, 3.63) is 63.7 Å². The van der Waals surface area contributed by atoms with Crippen LogP contribution in [0, 0.1) is 10.1 Å². The van der Waals surface area contributed by atoms with Crippen LogP contribution in [0.4, 0.5) is 11.4 Å². The number of methoxy groups -OCH3 is 2. The van der Waals surface area contributed by atoms with Crippen LogP contribution in [0.3, 0.4) is 0 Å². The van der Waals surface area contributed by atoms with E-state index < -0.39 is 10.7 Å². The van der Waals surface area contributed by atoms with Crippen LogP contribution in [-0.4, -0.2) is 38.0 Å². The van der Waals surface area contributed by atoms with Gasteiger partial charge in [-0.3, -0.25) is 14.9 Å². The zero-order valence-corrected chi connectivity index (χ0v) is 16.5. The minimum absolute atomic E-state index is 0.0568. The van der Waals surface area contributed by atoms with E-state index in [-0.39, 0.29) is 22.7 Å². The number of carbonyl (C=O) groups excluding carboxylic acids is 1. The van der Waals surface area contributed by atoms with Crippen molar-refractivity contribution in [2.75, 3.05) is 32.2 Å². The topological polar surface area (TPSA) is 81.9 Å². The zero-order chi connectivity index (χ0) is 20.7. The molecule has 0 saturated heterocycles. The third kappa shape index (κ3) is 4.68. The van der Waals surface area contributed by atoms with Gasteiger partial charge in [0.25, 0.3) is 5.69 Å². The molecule has 0 atom stereocenters. The van der Waals surface area contributed by atoms with Gasteiger partial charge in [0.2, 0.25) is 0 Å². The number of nitrogens with zero attached hydrogens (tertiary/aromatic N) is 2. The predicted octanol–water partition coefficient (Wildman–Crippen LogP) is 4.35. The third-order valence-corrected chi connectivity index (χ3v) is 4.41. The molecule has 0 aromatic heterocycles. The Balaban J connectivity index is 2.30. The fourth-order valence-electron chi connectivity index (χ4n) is 2.86. The summed E-state index contributed by atoms with van der Waals surface area (Å²) in [6, 6.07) is 10.3. The molecule has 2 aromatic rings. The highest BCUT2D eigenvalue weighted by molar-refractivity contribution is 6.10. The molecule has 0 N–H and O–H groups in total. The summed E-state index contributed by atoms with van der Waals surface area (Å²) in [7, 11) is 2.79. The van der Waals surface area contributed by atoms with E-state index in [9.17, 15) is 14.9 Å². The Morgan fingerprint density at radius 3 is 2.14 bits per heavy atom. The van der Waals surface area contributed by atoms with Gasteiger partial charge in [-0.15, -0.1) is 0 Å². The smallest absolute Gasteiger partial charge is 0.284 e. The first-order chi connectivity index (χ1) is 13.4. The number of anilines is 1. The van der Waals surface area contributed by atoms with Gasteiger partial charge in [-0.1, -0.05) is 18.2 Å². The van der Waals surface area contributed by atoms with Crippen molar-refractivity contribution in [1.29, 1.82) is 0 Å². The molecule has 0 aliphatic heterocycles. The van der Waals surface area contributed by atoms with Crippen LogP contribution in [0.5, 0.6) is 11.5 Å². The number of carbonyl (C=O) groups is 1. The van der Waals surface area contributed by atoms with E-state index in [0.717, 1.165) is 24.3 Å². The highest BCUT2D eigenvalue weighted by Gasteiger charge is 2.23. The first-order valence-electron chi connectivity index (χ1n) is 8.92. The van der Waals surface area contributed by atoms with E-state index in [4.69, 9.17) is 9.47 Å². The molecular weight excluding hydrogens is 360 g/mol. The lowest BCUT2D eigenvalue weighted by molar-refractivity contribution is -0.385. The fourth-order valence-corrected chi connectivity index (χ4v) is 2.86. The van der Waals surface area contributed by atoms with E-state index in [2.05, 4.69) is 18.7 Å². The van der Waals surface area contributed by atoms with Crippen molar-refractivity contribution in [1.82, 2.24) is 0 Å². The normalized spacial score (nSPS) is 10.7. The molecule has 7 heteroatoms. The summed E-state index contributed by atoms with van der Waals surface area (Å²) < 4.78 is 10.2. The fraction of sp³-hybridized carbons (Fsp3) is 0.286. The monoisotopic (exact) mass is 384 g/mol. The molecule has 7 nitrogen and oxygen atoms in total. The van der Waals surface area contributed by atoms with Crippen molar-refractivity contribution in [2.24, 2.45) is 0 Å². The second kappa shape index (κ2) is 9.55. The molecule has 2 rings (SSSR count). The van der Waals surface area contributed by atoms with Gasteiger partial charge in [-0.05, 0) is 37.6 Å². The summed E-state index contributed by atoms with van der Waals surface area (Å²) in [4.78, 5) is 25.5. The maximum atomic E-state index is 12.6. The lowest BCUT2D eigenvalue weighted by Gasteiger charge is -2.20. The third-order valence-electron chi connectivity index (χ3n) is 4.41. The number of benzene rings is 2. The molecule has 0 unspecified atom stereocenters. The molecule has 2 aromatic carbocycles. The first-order valence-corrected chi connectivity index (χ1v) is 8.92. The van der Waals surface area contributed by atoms with Gasteiger partial charge >= 0.3 is 0 Å². The van der Waals surface area contributed by atoms with Crippen LogP contribution in [0.15, 0.2) is 42.5 Å². The standard InChI is InChI=1S/C21H24N2O5/c1-5-22(6-2)16-10-7-15(8-11-16)9-12-19(24)17-13-20(27-3)21(28-4)14-18(17)23(25)26/h7-14H,5-6H2,1-4H3. The Labute approximate surface area is 164 Å². The van der Waals surface area contributed by atoms with Crippen LogP contribution in [0.25, 0.3) is 6.08 Å². The number of nitro groups is 1. The molecular formula is C21H24N2O5. The maximum Gasteiger partial charge on any atom is 0.284 e. The van der Waals surface area contributed by atoms with E-state index in [1.807, 2.05) is 24.3 Å². The lowest BCUT2D eigenvalue weighted by atomic mass is 10.1. The number of hydrogen-bond donors (Lipinski definition) is 0. The molecule has 0 heterocycles. The van der Waals surface area contributed by atoms with Gasteiger partial charge in [0.15, 0.2) is 17.3 Å². The summed E-state index contributed by atoms with van der Waals surface area (Å²) >= 11 is 0. The van der Waals surface area contributed by atoms with Crippen molar-refractivity contribution in [3.8, 4) is 11.5 Å². The molecule has 0 radical (unpaired) electrons. The Hall–Kier alpha value is -3.35. The Morgan fingerprint density at radius 2 is 1.64 bits per heavy atom. The van der Waals surface area contributed by atoms with Gasteiger partial charge in [0, 0.05) is 24.8 Å². The van der Waals surface area contributed by atoms with Gasteiger partial charge in [0.1, 0.15) is 5.56 Å². The van der Waals surface area contributed by atoms with Gasteiger partial charge in [-0.25, -0.2) is 0 Å². The summed E-state index contributed by atoms with van der Waals surface area (Å²) in [5.41, 5.74) is 1.54. The minimum atomic E-state index is -0.609. The molecule has 0 aliphatic carbocycles. The van der Waals surface area contributed by atoms with Crippen LogP contribution >= 0.6 is 0 Å². The van der Waals surface area contributed by atoms with Crippen LogP contribution in [-0.2, 0) is 0 Å². The Bertz CT molecular complexity index is 871. The van der Waals surface area contributed by atoms with Crippen molar-refractivity contribution in [2.45, 2.75) is 13.8 Å². The highest BCUT2D eigenvalue weighted by Crippen LogP contribution is 2.34. The van der Waals surface area contributed by atoms with E-state index >= 15 is 0 Å². The molecule has 148 valence electrons. The Morgan fingerprint density at radius 1 is 1.07 bits per heavy atom. The van der Waals surface area contributed by atoms with Crippen molar-refractivity contribution >= 4 is 23.2 Å². The Kier molecular flexibility index (Phi) is 7.14. The van der Waals surface area contributed by atoms with E-state index in [0.29, 0.717) is 0 Å². The molecule has 28 heavy (non-hydrogen) atoms. The summed E-state index contributed by atoms with van der Waals surface area (Å²) in [5.74, 6) is -0.0318. The van der Waals surface area contributed by atoms with E-state index in [1.54, 1.807) is 6.08 Å². The van der Waals surface area contributed by atoms with Crippen molar-refractivity contribution < 1.29 is 19.2 Å². The predicted molar refractivity (Wildman–Crippen MR) is 110 cm³/mol. The number of hydrogen-bond acceptors (Lipinski definition) is 6.